The molecule has 0 spiro atoms. The second-order valence-electron chi connectivity index (χ2n) is 7.98. The summed E-state index contributed by atoms with van der Waals surface area (Å²) in [5.41, 5.74) is 0.556. The molecule has 174 valence electrons. The van der Waals surface area contributed by atoms with Gasteiger partial charge in [0.15, 0.2) is 0 Å². The molecule has 0 unspecified atom stereocenters. The third kappa shape index (κ3) is 6.10. The number of nitro benzene ring substituents is 1. The minimum atomic E-state index is -0.780. The Morgan fingerprint density at radius 1 is 1.22 bits per heavy atom. The van der Waals surface area contributed by atoms with Crippen molar-refractivity contribution in [3.05, 3.63) is 39.9 Å². The number of benzene rings is 1. The zero-order chi connectivity index (χ0) is 23.3. The van der Waals surface area contributed by atoms with Crippen LogP contribution in [0.4, 0.5) is 10.5 Å². The van der Waals surface area contributed by atoms with Crippen LogP contribution in [0.15, 0.2) is 24.3 Å². The predicted octanol–water partition coefficient (Wildman–Crippen LogP) is 1.29. The Kier molecular flexibility index (Phi) is 7.91. The molecule has 32 heavy (non-hydrogen) atoms. The topological polar surface area (TPSA) is 132 Å². The van der Waals surface area contributed by atoms with E-state index in [9.17, 15) is 19.7 Å². The van der Waals surface area contributed by atoms with E-state index in [1.54, 1.807) is 4.90 Å². The normalized spacial score (nSPS) is 21.7. The lowest BCUT2D eigenvalue weighted by Crippen LogP contribution is -2.47. The van der Waals surface area contributed by atoms with E-state index in [1.165, 1.54) is 24.3 Å². The van der Waals surface area contributed by atoms with Crippen LogP contribution in [0.25, 0.3) is 0 Å². The van der Waals surface area contributed by atoms with Crippen molar-refractivity contribution in [2.24, 2.45) is 0 Å². The lowest BCUT2D eigenvalue weighted by molar-refractivity contribution is -0.384. The minimum absolute atomic E-state index is 0.0429. The van der Waals surface area contributed by atoms with Crippen LogP contribution < -0.4 is 5.32 Å². The molecular formula is C20H28N6O5S. The number of rotatable bonds is 4. The summed E-state index contributed by atoms with van der Waals surface area (Å²) in [6.45, 7) is 2.78. The fourth-order valence-corrected chi connectivity index (χ4v) is 4.37. The van der Waals surface area contributed by atoms with Gasteiger partial charge in [-0.3, -0.25) is 30.5 Å². The van der Waals surface area contributed by atoms with Gasteiger partial charge in [0, 0.05) is 50.1 Å². The molecule has 0 aliphatic carbocycles. The minimum Gasteiger partial charge on any atom is -0.444 e. The molecule has 2 aliphatic heterocycles. The highest BCUT2D eigenvalue weighted by Gasteiger charge is 2.36. The number of carbonyl (C=O) groups is 2. The molecule has 1 aromatic carbocycles. The quantitative estimate of drug-likeness (QED) is 0.201. The highest BCUT2D eigenvalue weighted by molar-refractivity contribution is 7.81. The van der Waals surface area contributed by atoms with E-state index in [0.29, 0.717) is 38.2 Å². The van der Waals surface area contributed by atoms with Gasteiger partial charge in [0.25, 0.3) is 5.69 Å². The van der Waals surface area contributed by atoms with Crippen molar-refractivity contribution < 1.29 is 19.2 Å². The summed E-state index contributed by atoms with van der Waals surface area (Å²) in [5, 5.41) is 21.5. The van der Waals surface area contributed by atoms with Crippen LogP contribution in [0.3, 0.4) is 0 Å². The summed E-state index contributed by atoms with van der Waals surface area (Å²) in [7, 11) is 1.94. The van der Waals surface area contributed by atoms with E-state index in [0.717, 1.165) is 13.0 Å². The Morgan fingerprint density at radius 3 is 2.50 bits per heavy atom. The number of non-ortho nitro benzene ring substituents is 1. The molecule has 1 aromatic rings. The lowest BCUT2D eigenvalue weighted by atomic mass is 10.2. The maximum atomic E-state index is 12.9. The number of guanidine groups is 1. The monoisotopic (exact) mass is 464 g/mol. The van der Waals surface area contributed by atoms with Gasteiger partial charge in [-0.1, -0.05) is 0 Å². The number of likely N-dealkylation sites (tertiary alicyclic amines) is 1. The average molecular weight is 465 g/mol. The zero-order valence-corrected chi connectivity index (χ0v) is 18.8. The summed E-state index contributed by atoms with van der Waals surface area (Å²) in [4.78, 5) is 40.7. The Bertz CT molecular complexity index is 867. The van der Waals surface area contributed by atoms with Crippen molar-refractivity contribution in [1.82, 2.24) is 20.0 Å². The average Bonchev–Trinajstić information content (AvgIpc) is 2.95. The van der Waals surface area contributed by atoms with Crippen molar-refractivity contribution in [1.29, 1.82) is 5.41 Å². The van der Waals surface area contributed by atoms with E-state index in [2.05, 4.69) is 17.9 Å². The highest BCUT2D eigenvalue weighted by Crippen LogP contribution is 2.22. The molecule has 2 amide bonds. The second kappa shape index (κ2) is 10.6. The van der Waals surface area contributed by atoms with Gasteiger partial charge in [0.2, 0.25) is 11.9 Å². The number of hydrogen-bond donors (Lipinski definition) is 3. The van der Waals surface area contributed by atoms with Gasteiger partial charge in [-0.2, -0.15) is 12.6 Å². The molecule has 0 bridgehead atoms. The number of ether oxygens (including phenoxy) is 1. The van der Waals surface area contributed by atoms with Gasteiger partial charge < -0.3 is 14.5 Å². The fraction of sp³-hybridized carbons (Fsp3) is 0.550. The standard InChI is InChI=1S/C20H28N6O5S/c1-23-12-16(32)11-17(23)18(27)24-7-2-8-25(10-9-24)19(21)22-20(28)31-13-14-3-5-15(6-4-14)26(29)30/h3-6,16-17,32H,2,7-13H2,1H3,(H2,21,22,28)/t16-,17-/m0/s1. The first-order valence-corrected chi connectivity index (χ1v) is 10.9. The third-order valence-corrected chi connectivity index (χ3v) is 6.05. The van der Waals surface area contributed by atoms with Crippen LogP contribution in [-0.2, 0) is 16.1 Å². The maximum Gasteiger partial charge on any atom is 0.414 e. The van der Waals surface area contributed by atoms with Gasteiger partial charge in [-0.15, -0.1) is 0 Å². The number of alkyl carbamates (subject to hydrolysis) is 1. The molecule has 2 heterocycles. The van der Waals surface area contributed by atoms with E-state index in [4.69, 9.17) is 10.1 Å². The summed E-state index contributed by atoms with van der Waals surface area (Å²) < 4.78 is 5.11. The highest BCUT2D eigenvalue weighted by atomic mass is 32.1. The number of carbonyl (C=O) groups excluding carboxylic acids is 2. The Labute approximate surface area is 191 Å². The number of hydrogen-bond acceptors (Lipinski definition) is 8. The van der Waals surface area contributed by atoms with E-state index in [1.807, 2.05) is 16.8 Å². The van der Waals surface area contributed by atoms with Crippen molar-refractivity contribution in [3.8, 4) is 0 Å². The smallest absolute Gasteiger partial charge is 0.414 e. The molecule has 0 radical (unpaired) electrons. The van der Waals surface area contributed by atoms with Crippen molar-refractivity contribution in [2.75, 3.05) is 39.8 Å². The maximum absolute atomic E-state index is 12.9. The number of nitrogens with zero attached hydrogens (tertiary/aromatic N) is 4. The van der Waals surface area contributed by atoms with Gasteiger partial charge in [0.05, 0.1) is 11.0 Å². The SMILES string of the molecule is CN1C[C@@H](S)C[C@H]1C(=O)N1CCCN(C(=N)NC(=O)OCc2ccc([N+](=O)[O-])cc2)CC1. The summed E-state index contributed by atoms with van der Waals surface area (Å²) in [6.07, 6.45) is 0.642. The molecule has 2 saturated heterocycles. The second-order valence-corrected chi connectivity index (χ2v) is 8.71. The third-order valence-electron chi connectivity index (χ3n) is 5.67. The Balaban J connectivity index is 1.44. The first-order chi connectivity index (χ1) is 15.2. The Morgan fingerprint density at radius 2 is 1.88 bits per heavy atom. The van der Waals surface area contributed by atoms with Crippen LogP contribution in [0.5, 0.6) is 0 Å². The molecule has 3 rings (SSSR count). The van der Waals surface area contributed by atoms with Gasteiger partial charge in [-0.05, 0) is 37.6 Å². The van der Waals surface area contributed by atoms with Gasteiger partial charge >= 0.3 is 6.09 Å². The Hall–Kier alpha value is -2.86. The number of nitro groups is 1. The predicted molar refractivity (Wildman–Crippen MR) is 121 cm³/mol. The molecule has 2 atom stereocenters. The molecular weight excluding hydrogens is 436 g/mol. The lowest BCUT2D eigenvalue weighted by Gasteiger charge is -2.27. The van der Waals surface area contributed by atoms with E-state index in [-0.39, 0.29) is 35.5 Å². The van der Waals surface area contributed by atoms with Crippen LogP contribution in [0.1, 0.15) is 18.4 Å². The number of likely N-dealkylation sites (N-methyl/N-ethyl adjacent to an activating group) is 1. The first kappa shape index (κ1) is 23.8. The van der Waals surface area contributed by atoms with Gasteiger partial charge in [-0.25, -0.2) is 4.79 Å². The van der Waals surface area contributed by atoms with Crippen molar-refractivity contribution >= 4 is 36.3 Å². The number of nitrogens with one attached hydrogen (secondary N) is 2. The van der Waals surface area contributed by atoms with Crippen LogP contribution in [-0.4, -0.2) is 88.6 Å². The summed E-state index contributed by atoms with van der Waals surface area (Å²) in [5.74, 6) is 0.00861. The van der Waals surface area contributed by atoms with Crippen LogP contribution in [0, 0.1) is 15.5 Å². The molecule has 2 fully saturated rings. The fourth-order valence-electron chi connectivity index (χ4n) is 3.91. The molecule has 11 nitrogen and oxygen atoms in total. The number of amides is 2. The van der Waals surface area contributed by atoms with Crippen LogP contribution in [0.2, 0.25) is 0 Å². The summed E-state index contributed by atoms with van der Waals surface area (Å²) >= 11 is 4.49. The largest absolute Gasteiger partial charge is 0.444 e. The van der Waals surface area contributed by atoms with Crippen molar-refractivity contribution in [3.63, 3.8) is 0 Å². The number of thiol groups is 1. The zero-order valence-electron chi connectivity index (χ0n) is 17.9. The van der Waals surface area contributed by atoms with Gasteiger partial charge in [0.1, 0.15) is 6.61 Å². The molecule has 2 aliphatic rings. The molecule has 0 saturated carbocycles. The first-order valence-electron chi connectivity index (χ1n) is 10.4. The molecule has 0 aromatic heterocycles. The van der Waals surface area contributed by atoms with E-state index < -0.39 is 11.0 Å². The molecule has 2 N–H and O–H groups in total. The summed E-state index contributed by atoms with van der Waals surface area (Å²) in [6, 6.07) is 5.53. The molecule has 12 heteroatoms. The van der Waals surface area contributed by atoms with Crippen molar-refractivity contribution in [2.45, 2.75) is 30.7 Å². The van der Waals surface area contributed by atoms with Crippen LogP contribution >= 0.6 is 12.6 Å². The van der Waals surface area contributed by atoms with E-state index >= 15 is 0 Å².